The Hall–Kier alpha value is -1.64. The summed E-state index contributed by atoms with van der Waals surface area (Å²) in [5, 5.41) is 9.27. The van der Waals surface area contributed by atoms with Crippen molar-refractivity contribution in [2.75, 3.05) is 19.7 Å². The quantitative estimate of drug-likeness (QED) is 0.876. The Morgan fingerprint density at radius 1 is 1.24 bits per heavy atom. The van der Waals surface area contributed by atoms with Crippen molar-refractivity contribution < 1.29 is 22.3 Å². The molecular weight excluding hydrogens is 302 g/mol. The van der Waals surface area contributed by atoms with E-state index in [0.717, 1.165) is 0 Å². The molecule has 0 radical (unpaired) electrons. The van der Waals surface area contributed by atoms with E-state index in [2.05, 4.69) is 4.98 Å². The van der Waals surface area contributed by atoms with E-state index in [9.17, 15) is 17.2 Å². The van der Waals surface area contributed by atoms with Gasteiger partial charge in [-0.05, 0) is 24.3 Å². The number of pyridine rings is 1. The van der Waals surface area contributed by atoms with Crippen LogP contribution in [0.25, 0.3) is 10.9 Å². The van der Waals surface area contributed by atoms with E-state index in [1.165, 1.54) is 18.3 Å². The minimum atomic E-state index is -4.13. The molecule has 0 aliphatic heterocycles. The van der Waals surface area contributed by atoms with Crippen LogP contribution in [-0.4, -0.2) is 48.9 Å². The first-order chi connectivity index (χ1) is 9.96. The van der Waals surface area contributed by atoms with Crippen LogP contribution in [0.1, 0.15) is 0 Å². The lowest BCUT2D eigenvalue weighted by molar-refractivity contribution is 0.113. The van der Waals surface area contributed by atoms with Crippen molar-refractivity contribution in [3.63, 3.8) is 0 Å². The van der Waals surface area contributed by atoms with E-state index >= 15 is 0 Å². The highest BCUT2D eigenvalue weighted by atomic mass is 32.2. The molecule has 5 nitrogen and oxygen atoms in total. The van der Waals surface area contributed by atoms with Gasteiger partial charge in [-0.25, -0.2) is 17.2 Å². The summed E-state index contributed by atoms with van der Waals surface area (Å²) in [7, 11) is -4.13. The molecule has 1 aromatic heterocycles. The Balaban J connectivity index is 2.54. The van der Waals surface area contributed by atoms with Crippen LogP contribution in [0, 0.1) is 0 Å². The number of rotatable bonds is 6. The van der Waals surface area contributed by atoms with E-state index < -0.39 is 29.6 Å². The normalized spacial score (nSPS) is 12.4. The summed E-state index contributed by atoms with van der Waals surface area (Å²) in [4.78, 5) is 3.95. The molecule has 21 heavy (non-hydrogen) atoms. The highest BCUT2D eigenvalue weighted by Gasteiger charge is 2.28. The number of halogens is 2. The molecule has 0 bridgehead atoms. The lowest BCUT2D eigenvalue weighted by Gasteiger charge is -2.21. The zero-order valence-corrected chi connectivity index (χ0v) is 11.8. The maximum Gasteiger partial charge on any atom is 0.252 e. The van der Waals surface area contributed by atoms with Gasteiger partial charge in [-0.3, -0.25) is 4.98 Å². The van der Waals surface area contributed by atoms with Crippen LogP contribution < -0.4 is 0 Å². The molecule has 0 amide bonds. The summed E-state index contributed by atoms with van der Waals surface area (Å²) >= 11 is 0. The first-order valence-electron chi connectivity index (χ1n) is 6.19. The topological polar surface area (TPSA) is 70.5 Å². The maximum atomic E-state index is 12.6. The zero-order chi connectivity index (χ0) is 15.5. The lowest BCUT2D eigenvalue weighted by atomic mass is 10.2. The van der Waals surface area contributed by atoms with Gasteiger partial charge in [0.05, 0.1) is 23.6 Å². The van der Waals surface area contributed by atoms with Gasteiger partial charge in [0.15, 0.2) is 0 Å². The molecule has 0 atom stereocenters. The minimum Gasteiger partial charge on any atom is -0.395 e. The molecule has 1 N–H and O–H groups in total. The van der Waals surface area contributed by atoms with Gasteiger partial charge in [0.1, 0.15) is 0 Å². The van der Waals surface area contributed by atoms with Crippen molar-refractivity contribution >= 4 is 20.9 Å². The molecule has 0 unspecified atom stereocenters. The van der Waals surface area contributed by atoms with Crippen LogP contribution in [0.3, 0.4) is 0 Å². The van der Waals surface area contributed by atoms with Crippen LogP contribution in [0.5, 0.6) is 0 Å². The Morgan fingerprint density at radius 2 is 2.00 bits per heavy atom. The highest BCUT2D eigenvalue weighted by molar-refractivity contribution is 7.89. The lowest BCUT2D eigenvalue weighted by Crippen LogP contribution is -2.37. The monoisotopic (exact) mass is 316 g/mol. The van der Waals surface area contributed by atoms with Gasteiger partial charge < -0.3 is 5.11 Å². The number of hydrogen-bond donors (Lipinski definition) is 1. The molecule has 0 saturated heterocycles. The molecule has 1 heterocycles. The van der Waals surface area contributed by atoms with Crippen LogP contribution >= 0.6 is 0 Å². The van der Waals surface area contributed by atoms with Gasteiger partial charge in [-0.2, -0.15) is 4.31 Å². The molecule has 0 aliphatic rings. The third-order valence-corrected chi connectivity index (χ3v) is 4.84. The van der Waals surface area contributed by atoms with Crippen LogP contribution in [0.15, 0.2) is 41.4 Å². The van der Waals surface area contributed by atoms with E-state index in [-0.39, 0.29) is 11.4 Å². The number of hydrogen-bond acceptors (Lipinski definition) is 4. The first-order valence-corrected chi connectivity index (χ1v) is 7.63. The number of aliphatic hydroxyl groups is 1. The third-order valence-electron chi connectivity index (χ3n) is 2.91. The Bertz CT molecular complexity index is 717. The number of aromatic nitrogens is 1. The van der Waals surface area contributed by atoms with E-state index in [1.807, 2.05) is 0 Å². The molecule has 2 rings (SSSR count). The standard InChI is InChI=1S/C13H14F2N2O3S/c14-13(15)9-17(7-8-18)21(19,20)12-5-1-4-11-10(12)3-2-6-16-11/h1-6,13,18H,7-9H2. The van der Waals surface area contributed by atoms with Crippen molar-refractivity contribution in [2.45, 2.75) is 11.3 Å². The fourth-order valence-electron chi connectivity index (χ4n) is 2.01. The summed E-state index contributed by atoms with van der Waals surface area (Å²) in [5.41, 5.74) is 0.458. The minimum absolute atomic E-state index is 0.0952. The maximum absolute atomic E-state index is 12.6. The molecule has 114 valence electrons. The highest BCUT2D eigenvalue weighted by Crippen LogP contribution is 2.24. The number of benzene rings is 1. The predicted octanol–water partition coefficient (Wildman–Crippen LogP) is 1.48. The van der Waals surface area contributed by atoms with Crippen molar-refractivity contribution in [1.82, 2.24) is 9.29 Å². The van der Waals surface area contributed by atoms with Gasteiger partial charge in [0.2, 0.25) is 10.0 Å². The van der Waals surface area contributed by atoms with Crippen molar-refractivity contribution in [2.24, 2.45) is 0 Å². The number of sulfonamides is 1. The molecule has 0 spiro atoms. The van der Waals surface area contributed by atoms with Gasteiger partial charge >= 0.3 is 0 Å². The zero-order valence-electron chi connectivity index (χ0n) is 11.0. The van der Waals surface area contributed by atoms with Crippen molar-refractivity contribution in [3.8, 4) is 0 Å². The number of aliphatic hydroxyl groups excluding tert-OH is 1. The molecule has 2 aromatic rings. The second-order valence-corrected chi connectivity index (χ2v) is 6.21. The molecule has 0 saturated carbocycles. The average molecular weight is 316 g/mol. The summed E-state index contributed by atoms with van der Waals surface area (Å²) in [6, 6.07) is 7.62. The Kier molecular flexibility index (Phi) is 4.81. The van der Waals surface area contributed by atoms with Gasteiger partial charge in [-0.15, -0.1) is 0 Å². The summed E-state index contributed by atoms with van der Waals surface area (Å²) in [5.74, 6) is 0. The second kappa shape index (κ2) is 6.42. The molecular formula is C13H14F2N2O3S. The Labute approximate surface area is 120 Å². The summed E-state index contributed by atoms with van der Waals surface area (Å²) in [6.45, 7) is -1.88. The van der Waals surface area contributed by atoms with E-state index in [0.29, 0.717) is 15.2 Å². The number of fused-ring (bicyclic) bond motifs is 1. The molecule has 1 aromatic carbocycles. The molecule has 8 heteroatoms. The van der Waals surface area contributed by atoms with Crippen molar-refractivity contribution in [1.29, 1.82) is 0 Å². The largest absolute Gasteiger partial charge is 0.395 e. The summed E-state index contributed by atoms with van der Waals surface area (Å²) in [6.07, 6.45) is -1.30. The third kappa shape index (κ3) is 3.34. The average Bonchev–Trinajstić information content (AvgIpc) is 2.45. The molecule has 0 aliphatic carbocycles. The van der Waals surface area contributed by atoms with Crippen LogP contribution in [-0.2, 0) is 10.0 Å². The predicted molar refractivity (Wildman–Crippen MR) is 73.6 cm³/mol. The second-order valence-electron chi connectivity index (χ2n) is 4.30. The number of nitrogens with zero attached hydrogens (tertiary/aromatic N) is 2. The SMILES string of the molecule is O=S(=O)(c1cccc2ncccc12)N(CCO)CC(F)F. The van der Waals surface area contributed by atoms with Crippen LogP contribution in [0.4, 0.5) is 8.78 Å². The fraction of sp³-hybridized carbons (Fsp3) is 0.308. The number of alkyl halides is 2. The Morgan fingerprint density at radius 3 is 2.67 bits per heavy atom. The fourth-order valence-corrected chi connectivity index (χ4v) is 3.62. The van der Waals surface area contributed by atoms with Gasteiger partial charge in [0, 0.05) is 18.1 Å². The van der Waals surface area contributed by atoms with Crippen molar-refractivity contribution in [3.05, 3.63) is 36.5 Å². The summed E-state index contributed by atoms with van der Waals surface area (Å²) < 4.78 is 50.8. The first kappa shape index (κ1) is 15.7. The van der Waals surface area contributed by atoms with Gasteiger partial charge in [0.25, 0.3) is 6.43 Å². The molecule has 0 fully saturated rings. The van der Waals surface area contributed by atoms with E-state index in [1.54, 1.807) is 18.2 Å². The van der Waals surface area contributed by atoms with E-state index in [4.69, 9.17) is 5.11 Å². The van der Waals surface area contributed by atoms with Crippen LogP contribution in [0.2, 0.25) is 0 Å². The smallest absolute Gasteiger partial charge is 0.252 e. The van der Waals surface area contributed by atoms with Gasteiger partial charge in [-0.1, -0.05) is 6.07 Å².